The van der Waals surface area contributed by atoms with Gasteiger partial charge < -0.3 is 16.4 Å². The van der Waals surface area contributed by atoms with E-state index in [0.29, 0.717) is 12.5 Å². The van der Waals surface area contributed by atoms with Crippen LogP contribution in [0.1, 0.15) is 30.1 Å². The van der Waals surface area contributed by atoms with Crippen molar-refractivity contribution in [3.05, 3.63) is 38.9 Å². The number of rotatable bonds is 7. The predicted octanol–water partition coefficient (Wildman–Crippen LogP) is 1.22. The summed E-state index contributed by atoms with van der Waals surface area (Å²) in [4.78, 5) is 34.5. The van der Waals surface area contributed by atoms with Crippen molar-refractivity contribution in [2.24, 2.45) is 11.7 Å². The van der Waals surface area contributed by atoms with Crippen LogP contribution in [0.15, 0.2) is 18.2 Å². The number of carbonyl (C=O) groups is 2. The molecule has 9 heteroatoms. The third kappa shape index (κ3) is 4.01. The summed E-state index contributed by atoms with van der Waals surface area (Å²) in [6.45, 7) is 1.85. The minimum absolute atomic E-state index is 0.0492. The quantitative estimate of drug-likeness (QED) is 0.501. The van der Waals surface area contributed by atoms with Crippen molar-refractivity contribution in [1.29, 1.82) is 0 Å². The molecule has 1 unspecified atom stereocenters. The smallest absolute Gasteiger partial charge is 0.283 e. The summed E-state index contributed by atoms with van der Waals surface area (Å²) in [7, 11) is 0. The highest BCUT2D eigenvalue weighted by Gasteiger charge is 2.41. The molecule has 0 aromatic heterocycles. The fourth-order valence-electron chi connectivity index (χ4n) is 2.54. The molecule has 1 aromatic rings. The van der Waals surface area contributed by atoms with E-state index in [4.69, 9.17) is 17.3 Å². The van der Waals surface area contributed by atoms with Crippen LogP contribution < -0.4 is 16.4 Å². The Bertz CT molecular complexity index is 677. The number of nitrogens with one attached hydrogen (secondary N) is 2. The molecule has 24 heavy (non-hydrogen) atoms. The zero-order chi connectivity index (χ0) is 17.9. The van der Waals surface area contributed by atoms with Crippen molar-refractivity contribution < 1.29 is 14.5 Å². The van der Waals surface area contributed by atoms with E-state index >= 15 is 0 Å². The molecule has 0 bridgehead atoms. The fraction of sp³-hybridized carbons (Fsp3) is 0.467. The van der Waals surface area contributed by atoms with Crippen LogP contribution in [-0.4, -0.2) is 35.4 Å². The standard InChI is InChI=1S/C15H19ClN4O4/c1-15(8-17,9-5-6-9)19-12(21)7-18-14(22)13-10(16)3-2-4-11(13)20(23)24/h2-4,9H,5-8,17H2,1H3,(H,18,22)(H,19,21). The fourth-order valence-corrected chi connectivity index (χ4v) is 2.80. The molecule has 1 saturated carbocycles. The van der Waals surface area contributed by atoms with Gasteiger partial charge in [0.1, 0.15) is 5.56 Å². The maximum atomic E-state index is 12.2. The van der Waals surface area contributed by atoms with Crippen LogP contribution in [0.5, 0.6) is 0 Å². The average Bonchev–Trinajstić information content (AvgIpc) is 3.37. The Morgan fingerprint density at radius 1 is 1.46 bits per heavy atom. The van der Waals surface area contributed by atoms with Crippen LogP contribution in [0.25, 0.3) is 0 Å². The molecule has 1 fully saturated rings. The van der Waals surface area contributed by atoms with Crippen molar-refractivity contribution in [2.75, 3.05) is 13.1 Å². The molecule has 0 radical (unpaired) electrons. The number of nitrogens with two attached hydrogens (primary N) is 1. The molecule has 2 amide bonds. The molecule has 1 atom stereocenters. The summed E-state index contributed by atoms with van der Waals surface area (Å²) >= 11 is 5.88. The first kappa shape index (κ1) is 18.2. The lowest BCUT2D eigenvalue weighted by Gasteiger charge is -2.29. The Balaban J connectivity index is 2.01. The first-order chi connectivity index (χ1) is 11.3. The van der Waals surface area contributed by atoms with E-state index in [1.807, 2.05) is 6.92 Å². The number of benzene rings is 1. The monoisotopic (exact) mass is 354 g/mol. The van der Waals surface area contributed by atoms with Gasteiger partial charge in [0, 0.05) is 12.6 Å². The number of nitro benzene ring substituents is 1. The van der Waals surface area contributed by atoms with E-state index in [2.05, 4.69) is 10.6 Å². The highest BCUT2D eigenvalue weighted by molar-refractivity contribution is 6.34. The summed E-state index contributed by atoms with van der Waals surface area (Å²) < 4.78 is 0. The van der Waals surface area contributed by atoms with E-state index in [1.165, 1.54) is 18.2 Å². The van der Waals surface area contributed by atoms with Gasteiger partial charge in [0.2, 0.25) is 5.91 Å². The SMILES string of the molecule is CC(CN)(NC(=O)CNC(=O)c1c(Cl)cccc1[N+](=O)[O-])C1CC1. The van der Waals surface area contributed by atoms with Gasteiger partial charge in [-0.2, -0.15) is 0 Å². The van der Waals surface area contributed by atoms with Gasteiger partial charge in [-0.05, 0) is 31.7 Å². The second kappa shape index (κ2) is 7.14. The normalized spacial score (nSPS) is 16.1. The second-order valence-corrected chi connectivity index (χ2v) is 6.42. The van der Waals surface area contributed by atoms with Gasteiger partial charge in [-0.15, -0.1) is 0 Å². The Kier molecular flexibility index (Phi) is 5.40. The third-order valence-electron chi connectivity index (χ3n) is 4.15. The molecule has 8 nitrogen and oxygen atoms in total. The summed E-state index contributed by atoms with van der Waals surface area (Å²) in [6.07, 6.45) is 2.01. The molecule has 0 saturated heterocycles. The molecule has 4 N–H and O–H groups in total. The molecular weight excluding hydrogens is 336 g/mol. The summed E-state index contributed by atoms with van der Waals surface area (Å²) in [5.74, 6) is -0.840. The second-order valence-electron chi connectivity index (χ2n) is 6.02. The number of amides is 2. The van der Waals surface area contributed by atoms with Crippen molar-refractivity contribution >= 4 is 29.1 Å². The summed E-state index contributed by atoms with van der Waals surface area (Å²) in [6, 6.07) is 3.94. The van der Waals surface area contributed by atoms with E-state index in [-0.39, 0.29) is 17.1 Å². The van der Waals surface area contributed by atoms with Gasteiger partial charge in [0.05, 0.1) is 22.0 Å². The van der Waals surface area contributed by atoms with Crippen LogP contribution >= 0.6 is 11.6 Å². The Morgan fingerprint density at radius 2 is 2.12 bits per heavy atom. The van der Waals surface area contributed by atoms with Crippen LogP contribution in [0.4, 0.5) is 5.69 Å². The topological polar surface area (TPSA) is 127 Å². The number of carbonyl (C=O) groups excluding carboxylic acids is 2. The molecular formula is C15H19ClN4O4. The largest absolute Gasteiger partial charge is 0.348 e. The first-order valence-corrected chi connectivity index (χ1v) is 7.88. The highest BCUT2D eigenvalue weighted by Crippen LogP contribution is 2.38. The molecule has 1 aromatic carbocycles. The molecule has 130 valence electrons. The van der Waals surface area contributed by atoms with Crippen molar-refractivity contribution in [3.8, 4) is 0 Å². The lowest BCUT2D eigenvalue weighted by Crippen LogP contribution is -2.55. The summed E-state index contributed by atoms with van der Waals surface area (Å²) in [5.41, 5.74) is 4.54. The van der Waals surface area contributed by atoms with E-state index in [1.54, 1.807) is 0 Å². The van der Waals surface area contributed by atoms with Gasteiger partial charge in [0.15, 0.2) is 0 Å². The number of nitrogens with zero attached hydrogens (tertiary/aromatic N) is 1. The van der Waals surface area contributed by atoms with Gasteiger partial charge in [-0.1, -0.05) is 17.7 Å². The van der Waals surface area contributed by atoms with Gasteiger partial charge in [0.25, 0.3) is 11.6 Å². The van der Waals surface area contributed by atoms with Crippen LogP contribution in [0.3, 0.4) is 0 Å². The van der Waals surface area contributed by atoms with Crippen molar-refractivity contribution in [1.82, 2.24) is 10.6 Å². The van der Waals surface area contributed by atoms with E-state index < -0.39 is 28.0 Å². The predicted molar refractivity (Wildman–Crippen MR) is 88.8 cm³/mol. The average molecular weight is 355 g/mol. The lowest BCUT2D eigenvalue weighted by molar-refractivity contribution is -0.385. The molecule has 0 aliphatic heterocycles. The lowest BCUT2D eigenvalue weighted by atomic mass is 9.96. The summed E-state index contributed by atoms with van der Waals surface area (Å²) in [5, 5.41) is 16.1. The van der Waals surface area contributed by atoms with Crippen LogP contribution in [0, 0.1) is 16.0 Å². The van der Waals surface area contributed by atoms with Gasteiger partial charge in [-0.25, -0.2) is 0 Å². The highest BCUT2D eigenvalue weighted by atomic mass is 35.5. The minimum atomic E-state index is -0.775. The van der Waals surface area contributed by atoms with Crippen LogP contribution in [-0.2, 0) is 4.79 Å². The first-order valence-electron chi connectivity index (χ1n) is 7.50. The van der Waals surface area contributed by atoms with E-state index in [0.717, 1.165) is 12.8 Å². The molecule has 1 aliphatic carbocycles. The number of hydrogen-bond donors (Lipinski definition) is 3. The van der Waals surface area contributed by atoms with Crippen molar-refractivity contribution in [3.63, 3.8) is 0 Å². The zero-order valence-electron chi connectivity index (χ0n) is 13.2. The maximum absolute atomic E-state index is 12.2. The minimum Gasteiger partial charge on any atom is -0.348 e. The number of hydrogen-bond acceptors (Lipinski definition) is 5. The zero-order valence-corrected chi connectivity index (χ0v) is 13.9. The third-order valence-corrected chi connectivity index (χ3v) is 4.47. The van der Waals surface area contributed by atoms with Gasteiger partial charge >= 0.3 is 0 Å². The molecule has 1 aliphatic rings. The van der Waals surface area contributed by atoms with Crippen LogP contribution in [0.2, 0.25) is 5.02 Å². The Labute approximate surface area is 143 Å². The molecule has 2 rings (SSSR count). The Morgan fingerprint density at radius 3 is 2.67 bits per heavy atom. The van der Waals surface area contributed by atoms with Crippen molar-refractivity contribution in [2.45, 2.75) is 25.3 Å². The molecule has 0 heterocycles. The Hall–Kier alpha value is -2.19. The van der Waals surface area contributed by atoms with Gasteiger partial charge in [-0.3, -0.25) is 19.7 Å². The number of halogens is 1. The maximum Gasteiger partial charge on any atom is 0.283 e. The van der Waals surface area contributed by atoms with E-state index in [9.17, 15) is 19.7 Å². The molecule has 0 spiro atoms. The number of nitro groups is 1.